The van der Waals surface area contributed by atoms with Crippen molar-refractivity contribution in [3.8, 4) is 6.07 Å². The van der Waals surface area contributed by atoms with Gasteiger partial charge in [0.1, 0.15) is 12.4 Å². The number of nitrogens with zero attached hydrogens (tertiary/aromatic N) is 3. The summed E-state index contributed by atoms with van der Waals surface area (Å²) in [6, 6.07) is 12.9. The minimum Gasteiger partial charge on any atom is -0.373 e. The molecular weight excluding hydrogens is 415 g/mol. The van der Waals surface area contributed by atoms with E-state index in [4.69, 9.17) is 21.6 Å². The molecule has 1 saturated heterocycles. The standard InChI is InChI=1S/C24H28ClFN4O/c1-17(22-14-20(25)13-18-15-30(12-9-27)28-23(18)22)31-16-24(7-10-29(2)11-8-24)19-3-5-21(26)6-4-19/h3-6,13-14,17,28H,7-8,10-12,15-16H2,1-2H3/t17-/m1/s1. The summed E-state index contributed by atoms with van der Waals surface area (Å²) in [6.07, 6.45) is 1.74. The van der Waals surface area contributed by atoms with Crippen LogP contribution in [-0.2, 0) is 16.7 Å². The molecule has 0 amide bonds. The van der Waals surface area contributed by atoms with Gasteiger partial charge in [-0.15, -0.1) is 0 Å². The first kappa shape index (κ1) is 22.0. The predicted molar refractivity (Wildman–Crippen MR) is 120 cm³/mol. The Hall–Kier alpha value is -2.17. The predicted octanol–water partition coefficient (Wildman–Crippen LogP) is 4.89. The van der Waals surface area contributed by atoms with Gasteiger partial charge in [0.2, 0.25) is 0 Å². The molecule has 0 unspecified atom stereocenters. The SMILES string of the molecule is C[C@@H](OCC1(c2ccc(F)cc2)CCN(C)CC1)c1cc(Cl)cc2c1NN(CC#N)C2. The lowest BCUT2D eigenvalue weighted by atomic mass is 9.73. The van der Waals surface area contributed by atoms with Crippen LogP contribution in [0.25, 0.3) is 0 Å². The summed E-state index contributed by atoms with van der Waals surface area (Å²) in [5.74, 6) is -0.219. The number of likely N-dealkylation sites (tertiary alicyclic amines) is 1. The second kappa shape index (κ2) is 9.13. The molecule has 5 nitrogen and oxygen atoms in total. The Morgan fingerprint density at radius 3 is 2.65 bits per heavy atom. The fourth-order valence-corrected chi connectivity index (χ4v) is 4.84. The van der Waals surface area contributed by atoms with Crippen LogP contribution in [-0.4, -0.2) is 43.2 Å². The zero-order valence-corrected chi connectivity index (χ0v) is 18.8. The van der Waals surface area contributed by atoms with Crippen LogP contribution in [0.4, 0.5) is 10.1 Å². The Kier molecular flexibility index (Phi) is 6.49. The quantitative estimate of drug-likeness (QED) is 0.646. The van der Waals surface area contributed by atoms with E-state index < -0.39 is 0 Å². The smallest absolute Gasteiger partial charge is 0.123 e. The van der Waals surface area contributed by atoms with Gasteiger partial charge in [-0.25, -0.2) is 9.40 Å². The topological polar surface area (TPSA) is 51.5 Å². The summed E-state index contributed by atoms with van der Waals surface area (Å²) in [5.41, 5.74) is 7.35. The van der Waals surface area contributed by atoms with Gasteiger partial charge >= 0.3 is 0 Å². The van der Waals surface area contributed by atoms with E-state index in [0.717, 1.165) is 48.3 Å². The molecule has 1 N–H and O–H groups in total. The summed E-state index contributed by atoms with van der Waals surface area (Å²) in [6.45, 7) is 5.47. The Bertz CT molecular complexity index is 967. The molecule has 31 heavy (non-hydrogen) atoms. The highest BCUT2D eigenvalue weighted by molar-refractivity contribution is 6.30. The number of piperidine rings is 1. The number of halogens is 2. The third-order valence-corrected chi connectivity index (χ3v) is 6.77. The maximum Gasteiger partial charge on any atom is 0.123 e. The molecule has 0 spiro atoms. The average Bonchev–Trinajstić information content (AvgIpc) is 3.16. The first-order chi connectivity index (χ1) is 14.9. The molecule has 0 aliphatic carbocycles. The van der Waals surface area contributed by atoms with E-state index in [2.05, 4.69) is 23.4 Å². The van der Waals surface area contributed by atoms with E-state index in [0.29, 0.717) is 24.7 Å². The zero-order valence-electron chi connectivity index (χ0n) is 18.0. The number of hydrogen-bond acceptors (Lipinski definition) is 5. The molecule has 4 rings (SSSR count). The molecule has 0 aromatic heterocycles. The van der Waals surface area contributed by atoms with Crippen LogP contribution >= 0.6 is 11.6 Å². The van der Waals surface area contributed by atoms with Gasteiger partial charge in [-0.1, -0.05) is 23.7 Å². The van der Waals surface area contributed by atoms with Gasteiger partial charge in [0.05, 0.1) is 24.5 Å². The summed E-state index contributed by atoms with van der Waals surface area (Å²) >= 11 is 6.39. The molecular formula is C24H28ClFN4O. The molecule has 2 aromatic carbocycles. The van der Waals surface area contributed by atoms with E-state index in [1.54, 1.807) is 0 Å². The zero-order chi connectivity index (χ0) is 22.0. The van der Waals surface area contributed by atoms with Crippen LogP contribution in [0.15, 0.2) is 36.4 Å². The maximum absolute atomic E-state index is 13.5. The first-order valence-corrected chi connectivity index (χ1v) is 11.0. The minimum atomic E-state index is -0.219. The number of nitrogens with one attached hydrogen (secondary N) is 1. The summed E-state index contributed by atoms with van der Waals surface area (Å²) in [7, 11) is 2.13. The lowest BCUT2D eigenvalue weighted by Gasteiger charge is -2.41. The number of benzene rings is 2. The fraction of sp³-hybridized carbons (Fsp3) is 0.458. The molecule has 0 saturated carbocycles. The normalized spacial score (nSPS) is 19.5. The highest BCUT2D eigenvalue weighted by atomic mass is 35.5. The summed E-state index contributed by atoms with van der Waals surface area (Å²) in [5, 5.41) is 11.6. The van der Waals surface area contributed by atoms with E-state index >= 15 is 0 Å². The van der Waals surface area contributed by atoms with Crippen molar-refractivity contribution in [2.75, 3.05) is 38.7 Å². The van der Waals surface area contributed by atoms with Crippen molar-refractivity contribution >= 4 is 17.3 Å². The van der Waals surface area contributed by atoms with Crippen molar-refractivity contribution in [2.45, 2.75) is 37.8 Å². The van der Waals surface area contributed by atoms with Crippen LogP contribution in [0.5, 0.6) is 0 Å². The van der Waals surface area contributed by atoms with Gasteiger partial charge in [-0.05, 0) is 75.3 Å². The molecule has 2 aliphatic heterocycles. The summed E-state index contributed by atoms with van der Waals surface area (Å²) < 4.78 is 20.0. The van der Waals surface area contributed by atoms with Gasteiger partial charge in [0.25, 0.3) is 0 Å². The van der Waals surface area contributed by atoms with E-state index in [9.17, 15) is 4.39 Å². The Balaban J connectivity index is 1.55. The van der Waals surface area contributed by atoms with E-state index in [1.165, 1.54) is 12.1 Å². The minimum absolute atomic E-state index is 0.142. The van der Waals surface area contributed by atoms with Gasteiger partial charge in [-0.3, -0.25) is 0 Å². The van der Waals surface area contributed by atoms with Gasteiger partial charge in [0.15, 0.2) is 0 Å². The molecule has 2 aromatic rings. The van der Waals surface area contributed by atoms with Crippen LogP contribution in [0.1, 0.15) is 42.6 Å². The molecule has 2 heterocycles. The van der Waals surface area contributed by atoms with Gasteiger partial charge in [-0.2, -0.15) is 5.26 Å². The van der Waals surface area contributed by atoms with Crippen molar-refractivity contribution in [3.63, 3.8) is 0 Å². The molecule has 1 fully saturated rings. The van der Waals surface area contributed by atoms with Crippen LogP contribution in [0, 0.1) is 17.1 Å². The first-order valence-electron chi connectivity index (χ1n) is 10.7. The second-order valence-electron chi connectivity index (χ2n) is 8.70. The second-order valence-corrected chi connectivity index (χ2v) is 9.14. The largest absolute Gasteiger partial charge is 0.373 e. The Morgan fingerprint density at radius 2 is 1.97 bits per heavy atom. The van der Waals surface area contributed by atoms with Gasteiger partial charge in [0, 0.05) is 22.5 Å². The average molecular weight is 443 g/mol. The van der Waals surface area contributed by atoms with Crippen LogP contribution < -0.4 is 5.43 Å². The van der Waals surface area contributed by atoms with Crippen molar-refractivity contribution in [2.24, 2.45) is 0 Å². The third kappa shape index (κ3) is 4.70. The molecule has 1 atom stereocenters. The number of nitriles is 1. The van der Waals surface area contributed by atoms with E-state index in [-0.39, 0.29) is 17.3 Å². The highest BCUT2D eigenvalue weighted by Gasteiger charge is 2.37. The molecule has 164 valence electrons. The monoisotopic (exact) mass is 442 g/mol. The summed E-state index contributed by atoms with van der Waals surface area (Å²) in [4.78, 5) is 2.32. The van der Waals surface area contributed by atoms with Crippen LogP contribution in [0.2, 0.25) is 5.02 Å². The van der Waals surface area contributed by atoms with Crippen molar-refractivity contribution in [1.29, 1.82) is 5.26 Å². The number of ether oxygens (including phenoxy) is 1. The van der Waals surface area contributed by atoms with E-state index in [1.807, 2.05) is 36.2 Å². The molecule has 0 radical (unpaired) electrons. The molecule has 0 bridgehead atoms. The number of anilines is 1. The van der Waals surface area contributed by atoms with Gasteiger partial charge < -0.3 is 15.1 Å². The molecule has 7 heteroatoms. The Morgan fingerprint density at radius 1 is 1.26 bits per heavy atom. The van der Waals surface area contributed by atoms with Crippen molar-refractivity contribution in [3.05, 3.63) is 63.9 Å². The van der Waals surface area contributed by atoms with Crippen molar-refractivity contribution < 1.29 is 9.13 Å². The van der Waals surface area contributed by atoms with Crippen molar-refractivity contribution in [1.82, 2.24) is 9.91 Å². The van der Waals surface area contributed by atoms with Crippen LogP contribution in [0.3, 0.4) is 0 Å². The lowest BCUT2D eigenvalue weighted by Crippen LogP contribution is -2.44. The number of hydrogen-bond donors (Lipinski definition) is 1. The molecule has 2 aliphatic rings. The Labute approximate surface area is 188 Å². The number of fused-ring (bicyclic) bond motifs is 1. The number of hydrazine groups is 1. The maximum atomic E-state index is 13.5. The third-order valence-electron chi connectivity index (χ3n) is 6.56. The lowest BCUT2D eigenvalue weighted by molar-refractivity contribution is 0.00668. The highest BCUT2D eigenvalue weighted by Crippen LogP contribution is 2.40. The fourth-order valence-electron chi connectivity index (χ4n) is 4.59. The number of rotatable bonds is 6.